The minimum atomic E-state index is -4.81. The topological polar surface area (TPSA) is 65.4 Å². The third-order valence-electron chi connectivity index (χ3n) is 5.35. The molecule has 1 aliphatic heterocycles. The molecule has 0 spiro atoms. The van der Waals surface area contributed by atoms with E-state index in [2.05, 4.69) is 10.4 Å². The number of fused-ring (bicyclic) bond motifs is 1. The number of aromatic nitrogens is 2. The van der Waals surface area contributed by atoms with E-state index in [1.807, 2.05) is 26.0 Å². The summed E-state index contributed by atoms with van der Waals surface area (Å²) in [6.07, 6.45) is -3.90. The molecule has 0 aliphatic carbocycles. The lowest BCUT2D eigenvalue weighted by atomic mass is 9.84. The summed E-state index contributed by atoms with van der Waals surface area (Å²) in [4.78, 5) is 12.8. The average Bonchev–Trinajstić information content (AvgIpc) is 3.23. The van der Waals surface area contributed by atoms with Crippen molar-refractivity contribution < 1.29 is 27.4 Å². The fourth-order valence-electron chi connectivity index (χ4n) is 3.55. The summed E-state index contributed by atoms with van der Waals surface area (Å²) < 4.78 is 53.5. The number of carbonyl (C=O) groups excluding carboxylic acids is 1. The molecule has 1 amide bonds. The Kier molecular flexibility index (Phi) is 6.00. The number of hydrogen-bond donors (Lipinski definition) is 1. The predicted octanol–water partition coefficient (Wildman–Crippen LogP) is 5.02. The van der Waals surface area contributed by atoms with Crippen molar-refractivity contribution in [1.82, 2.24) is 15.1 Å². The number of benzene rings is 2. The molecule has 0 bridgehead atoms. The molecular weight excluding hydrogens is 459 g/mol. The molecule has 0 atom stereocenters. The van der Waals surface area contributed by atoms with Gasteiger partial charge in [-0.3, -0.25) is 4.79 Å². The van der Waals surface area contributed by atoms with Crippen LogP contribution in [0.1, 0.15) is 35.5 Å². The number of amides is 1. The summed E-state index contributed by atoms with van der Waals surface area (Å²) in [6.45, 7) is 4.74. The van der Waals surface area contributed by atoms with Crippen LogP contribution in [0.15, 0.2) is 48.7 Å². The lowest BCUT2D eigenvalue weighted by molar-refractivity contribution is -0.143. The van der Waals surface area contributed by atoms with Crippen molar-refractivity contribution in [3.05, 3.63) is 70.5 Å². The molecule has 1 aliphatic rings. The Balaban J connectivity index is 1.57. The number of halogens is 4. The van der Waals surface area contributed by atoms with E-state index in [1.54, 1.807) is 6.07 Å². The molecule has 1 aromatic heterocycles. The lowest BCUT2D eigenvalue weighted by Crippen LogP contribution is -2.37. The van der Waals surface area contributed by atoms with Crippen molar-refractivity contribution in [2.45, 2.75) is 25.4 Å². The number of ether oxygens (including phenoxy) is 2. The third kappa shape index (κ3) is 4.78. The van der Waals surface area contributed by atoms with Crippen molar-refractivity contribution >= 4 is 17.5 Å². The first-order valence-corrected chi connectivity index (χ1v) is 10.5. The molecule has 3 aromatic rings. The Morgan fingerprint density at radius 2 is 1.85 bits per heavy atom. The van der Waals surface area contributed by atoms with Gasteiger partial charge < -0.3 is 14.8 Å². The quantitative estimate of drug-likeness (QED) is 0.558. The van der Waals surface area contributed by atoms with Crippen molar-refractivity contribution in [2.75, 3.05) is 19.8 Å². The van der Waals surface area contributed by atoms with Crippen LogP contribution in [0.25, 0.3) is 5.69 Å². The van der Waals surface area contributed by atoms with Gasteiger partial charge in [-0.15, -0.1) is 0 Å². The first-order chi connectivity index (χ1) is 15.6. The fraction of sp³-hybridized carbons (Fsp3) is 0.304. The van der Waals surface area contributed by atoms with Crippen LogP contribution >= 0.6 is 11.6 Å². The van der Waals surface area contributed by atoms with Gasteiger partial charge in [-0.25, -0.2) is 4.68 Å². The van der Waals surface area contributed by atoms with Crippen molar-refractivity contribution in [3.63, 3.8) is 0 Å². The summed E-state index contributed by atoms with van der Waals surface area (Å²) in [7, 11) is 0. The Hall–Kier alpha value is -3.20. The average molecular weight is 480 g/mol. The molecule has 4 rings (SSSR count). The highest BCUT2D eigenvalue weighted by molar-refractivity contribution is 6.30. The zero-order valence-electron chi connectivity index (χ0n) is 17.9. The zero-order chi connectivity index (χ0) is 23.8. The summed E-state index contributed by atoms with van der Waals surface area (Å²) in [5, 5.41) is 6.68. The number of nitrogens with zero attached hydrogens (tertiary/aromatic N) is 2. The molecule has 2 heterocycles. The summed E-state index contributed by atoms with van der Waals surface area (Å²) in [6, 6.07) is 11.3. The number of alkyl halides is 3. The van der Waals surface area contributed by atoms with Gasteiger partial charge in [-0.05, 0) is 35.9 Å². The van der Waals surface area contributed by atoms with E-state index in [1.165, 1.54) is 24.3 Å². The van der Waals surface area contributed by atoms with Crippen molar-refractivity contribution in [3.8, 4) is 17.2 Å². The normalized spacial score (nSPS) is 13.6. The van der Waals surface area contributed by atoms with Gasteiger partial charge in [-0.1, -0.05) is 37.6 Å². The van der Waals surface area contributed by atoms with Crippen LogP contribution in [0.3, 0.4) is 0 Å². The van der Waals surface area contributed by atoms with Gasteiger partial charge in [0.1, 0.15) is 13.2 Å². The second-order valence-electron chi connectivity index (χ2n) is 8.22. The Labute approximate surface area is 193 Å². The molecule has 0 saturated carbocycles. The summed E-state index contributed by atoms with van der Waals surface area (Å²) >= 11 is 5.91. The molecule has 174 valence electrons. The highest BCUT2D eigenvalue weighted by Crippen LogP contribution is 2.36. The van der Waals surface area contributed by atoms with Crippen LogP contribution in [-0.4, -0.2) is 35.4 Å². The molecule has 33 heavy (non-hydrogen) atoms. The van der Waals surface area contributed by atoms with Crippen LogP contribution in [-0.2, 0) is 11.6 Å². The monoisotopic (exact) mass is 479 g/mol. The van der Waals surface area contributed by atoms with Gasteiger partial charge in [0.05, 0.1) is 17.4 Å². The van der Waals surface area contributed by atoms with Crippen LogP contribution in [0, 0.1) is 0 Å². The van der Waals surface area contributed by atoms with Crippen LogP contribution < -0.4 is 14.8 Å². The van der Waals surface area contributed by atoms with Crippen molar-refractivity contribution in [2.24, 2.45) is 0 Å². The SMILES string of the molecule is CC(C)(CNC(=O)c1cnn(-c2cccc(Cl)c2)c1C(F)(F)F)c1ccc2c(c1)OCCO2. The Morgan fingerprint density at radius 1 is 1.12 bits per heavy atom. The number of carbonyl (C=O) groups is 1. The molecule has 0 saturated heterocycles. The molecule has 6 nitrogen and oxygen atoms in total. The largest absolute Gasteiger partial charge is 0.486 e. The van der Waals surface area contributed by atoms with Gasteiger partial charge >= 0.3 is 6.18 Å². The fourth-order valence-corrected chi connectivity index (χ4v) is 3.74. The van der Waals surface area contributed by atoms with E-state index >= 15 is 0 Å². The summed E-state index contributed by atoms with van der Waals surface area (Å²) in [5.41, 5.74) is -1.38. The zero-order valence-corrected chi connectivity index (χ0v) is 18.6. The minimum absolute atomic E-state index is 0.0884. The molecule has 0 fully saturated rings. The first-order valence-electron chi connectivity index (χ1n) is 10.2. The van der Waals surface area contributed by atoms with Crippen LogP contribution in [0.2, 0.25) is 5.02 Å². The van der Waals surface area contributed by atoms with Crippen LogP contribution in [0.5, 0.6) is 11.5 Å². The van der Waals surface area contributed by atoms with Gasteiger partial charge in [-0.2, -0.15) is 18.3 Å². The van der Waals surface area contributed by atoms with E-state index < -0.39 is 28.8 Å². The van der Waals surface area contributed by atoms with E-state index in [0.717, 1.165) is 11.8 Å². The van der Waals surface area contributed by atoms with Gasteiger partial charge in [0.2, 0.25) is 0 Å². The molecule has 0 radical (unpaired) electrons. The van der Waals surface area contributed by atoms with E-state index in [0.29, 0.717) is 29.4 Å². The van der Waals surface area contributed by atoms with Crippen LogP contribution in [0.4, 0.5) is 13.2 Å². The second kappa shape index (κ2) is 8.62. The smallest absolute Gasteiger partial charge is 0.434 e. The van der Waals surface area contributed by atoms with Crippen molar-refractivity contribution in [1.29, 1.82) is 0 Å². The highest BCUT2D eigenvalue weighted by Gasteiger charge is 2.41. The Morgan fingerprint density at radius 3 is 2.55 bits per heavy atom. The van der Waals surface area contributed by atoms with E-state index in [9.17, 15) is 18.0 Å². The maximum Gasteiger partial charge on any atom is 0.434 e. The summed E-state index contributed by atoms with van der Waals surface area (Å²) in [5.74, 6) is 0.356. The molecule has 0 unspecified atom stereocenters. The van der Waals surface area contributed by atoms with Gasteiger partial charge in [0.15, 0.2) is 17.2 Å². The standard InChI is InChI=1S/C23H21ClF3N3O3/c1-22(2,14-6-7-18-19(10-14)33-9-8-32-18)13-28-21(31)17-12-29-30(20(17)23(25,26)27)16-5-3-4-15(24)11-16/h3-7,10-12H,8-9,13H2,1-2H3,(H,28,31). The second-order valence-corrected chi connectivity index (χ2v) is 8.66. The lowest BCUT2D eigenvalue weighted by Gasteiger charge is -2.28. The molecular formula is C23H21ClF3N3O3. The molecule has 10 heteroatoms. The molecule has 1 N–H and O–H groups in total. The third-order valence-corrected chi connectivity index (χ3v) is 5.58. The van der Waals surface area contributed by atoms with Gasteiger partial charge in [0, 0.05) is 17.0 Å². The number of nitrogens with one attached hydrogen (secondary N) is 1. The van der Waals surface area contributed by atoms with E-state index in [4.69, 9.17) is 21.1 Å². The number of hydrogen-bond acceptors (Lipinski definition) is 4. The maximum absolute atomic E-state index is 13.9. The minimum Gasteiger partial charge on any atom is -0.486 e. The predicted molar refractivity (Wildman–Crippen MR) is 116 cm³/mol. The Bertz CT molecular complexity index is 1190. The molecule has 2 aromatic carbocycles. The first kappa shape index (κ1) is 23.0. The number of rotatable bonds is 5. The van der Waals surface area contributed by atoms with Gasteiger partial charge in [0.25, 0.3) is 5.91 Å². The van der Waals surface area contributed by atoms with E-state index in [-0.39, 0.29) is 17.3 Å². The highest BCUT2D eigenvalue weighted by atomic mass is 35.5. The maximum atomic E-state index is 13.9.